The van der Waals surface area contributed by atoms with Gasteiger partial charge in [0.25, 0.3) is 11.8 Å². The van der Waals surface area contributed by atoms with E-state index in [1.165, 1.54) is 19.3 Å². The number of nitrogens with one attached hydrogen (secondary N) is 2. The second-order valence-electron chi connectivity index (χ2n) is 7.35. The first-order valence-corrected chi connectivity index (χ1v) is 12.4. The molecule has 3 rings (SSSR count). The van der Waals surface area contributed by atoms with E-state index in [-0.39, 0.29) is 12.2 Å². The van der Waals surface area contributed by atoms with Crippen molar-refractivity contribution in [3.63, 3.8) is 0 Å². The smallest absolute Gasteiger partial charge is 0.266 e. The van der Waals surface area contributed by atoms with E-state index in [0.717, 1.165) is 0 Å². The third-order valence-corrected chi connectivity index (χ3v) is 6.37. The van der Waals surface area contributed by atoms with E-state index in [1.807, 2.05) is 28.7 Å². The first kappa shape index (κ1) is 28.1. The minimum Gasteiger partial charge on any atom is -0.497 e. The van der Waals surface area contributed by atoms with Crippen LogP contribution < -0.4 is 24.8 Å². The Kier molecular flexibility index (Phi) is 10.0. The van der Waals surface area contributed by atoms with Gasteiger partial charge in [-0.25, -0.2) is 0 Å². The lowest BCUT2D eigenvalue weighted by molar-refractivity contribution is -0.118. The number of carbonyl (C=O) groups is 2. The van der Waals surface area contributed by atoms with Gasteiger partial charge in [0.05, 0.1) is 27.8 Å². The predicted molar refractivity (Wildman–Crippen MR) is 152 cm³/mol. The number of carbonyl (C=O) groups excluding carboxylic acids is 2. The molecule has 2 N–H and O–H groups in total. The van der Waals surface area contributed by atoms with Gasteiger partial charge in [-0.1, -0.05) is 23.2 Å². The maximum atomic E-state index is 12.6. The molecule has 0 unspecified atom stereocenters. The lowest BCUT2D eigenvalue weighted by atomic mass is 10.1. The second-order valence-corrected chi connectivity index (χ2v) is 9.33. The SMILES string of the molecule is COc1ccc(NC(=O)/C(C#N)=C\c2cc(I)c(OCC(=O)Nc3ccc(Cl)c(Cl)c3)c(OC)c2)cc1. The summed E-state index contributed by atoms with van der Waals surface area (Å²) in [6.07, 6.45) is 1.43. The fourth-order valence-electron chi connectivity index (χ4n) is 3.06. The van der Waals surface area contributed by atoms with Crippen molar-refractivity contribution < 1.29 is 23.8 Å². The van der Waals surface area contributed by atoms with Crippen LogP contribution >= 0.6 is 45.8 Å². The van der Waals surface area contributed by atoms with Crippen LogP contribution in [0.2, 0.25) is 10.0 Å². The number of hydrogen-bond acceptors (Lipinski definition) is 6. The molecule has 2 amide bonds. The van der Waals surface area contributed by atoms with Gasteiger partial charge in [-0.15, -0.1) is 0 Å². The Morgan fingerprint density at radius 2 is 1.68 bits per heavy atom. The number of amides is 2. The van der Waals surface area contributed by atoms with E-state index in [1.54, 1.807) is 55.6 Å². The van der Waals surface area contributed by atoms with Gasteiger partial charge in [0.2, 0.25) is 0 Å². The summed E-state index contributed by atoms with van der Waals surface area (Å²) in [7, 11) is 2.99. The van der Waals surface area contributed by atoms with E-state index in [9.17, 15) is 14.9 Å². The van der Waals surface area contributed by atoms with Crippen molar-refractivity contribution >= 4 is 75.1 Å². The number of rotatable bonds is 9. The Morgan fingerprint density at radius 3 is 2.30 bits per heavy atom. The summed E-state index contributed by atoms with van der Waals surface area (Å²) in [4.78, 5) is 25.0. The van der Waals surface area contributed by atoms with Crippen molar-refractivity contribution in [2.45, 2.75) is 0 Å². The average Bonchev–Trinajstić information content (AvgIpc) is 2.88. The highest BCUT2D eigenvalue weighted by Gasteiger charge is 2.16. The molecule has 11 heteroatoms. The van der Waals surface area contributed by atoms with Gasteiger partial charge in [0.1, 0.15) is 17.4 Å². The quantitative estimate of drug-likeness (QED) is 0.163. The lowest BCUT2D eigenvalue weighted by Gasteiger charge is -2.14. The molecular weight excluding hydrogens is 632 g/mol. The number of nitriles is 1. The van der Waals surface area contributed by atoms with Crippen molar-refractivity contribution in [2.75, 3.05) is 31.5 Å². The van der Waals surface area contributed by atoms with E-state index in [4.69, 9.17) is 37.4 Å². The van der Waals surface area contributed by atoms with Crippen LogP contribution in [0.4, 0.5) is 11.4 Å². The van der Waals surface area contributed by atoms with Crippen LogP contribution in [-0.4, -0.2) is 32.6 Å². The molecule has 0 saturated carbocycles. The Hall–Kier alpha value is -3.46. The lowest BCUT2D eigenvalue weighted by Crippen LogP contribution is -2.20. The molecule has 3 aromatic carbocycles. The molecule has 0 bridgehead atoms. The minimum absolute atomic E-state index is 0.108. The maximum Gasteiger partial charge on any atom is 0.266 e. The molecule has 0 saturated heterocycles. The Morgan fingerprint density at radius 1 is 0.973 bits per heavy atom. The van der Waals surface area contributed by atoms with Crippen molar-refractivity contribution in [1.29, 1.82) is 5.26 Å². The largest absolute Gasteiger partial charge is 0.497 e. The highest BCUT2D eigenvalue weighted by Crippen LogP contribution is 2.35. The zero-order valence-electron chi connectivity index (χ0n) is 19.6. The number of halogens is 3. The zero-order chi connectivity index (χ0) is 26.9. The average molecular weight is 652 g/mol. The molecule has 0 atom stereocenters. The number of nitrogens with zero attached hydrogens (tertiary/aromatic N) is 1. The molecule has 0 heterocycles. The monoisotopic (exact) mass is 651 g/mol. The summed E-state index contributed by atoms with van der Waals surface area (Å²) < 4.78 is 16.8. The van der Waals surface area contributed by atoms with Crippen LogP contribution in [0.3, 0.4) is 0 Å². The van der Waals surface area contributed by atoms with Crippen LogP contribution in [-0.2, 0) is 9.59 Å². The van der Waals surface area contributed by atoms with Crippen LogP contribution in [0.5, 0.6) is 17.2 Å². The van der Waals surface area contributed by atoms with Crippen molar-refractivity contribution in [1.82, 2.24) is 0 Å². The normalized spacial score (nSPS) is 10.8. The van der Waals surface area contributed by atoms with Gasteiger partial charge in [-0.05, 0) is 88.8 Å². The molecule has 190 valence electrons. The van der Waals surface area contributed by atoms with E-state index in [2.05, 4.69) is 10.6 Å². The first-order chi connectivity index (χ1) is 17.7. The summed E-state index contributed by atoms with van der Waals surface area (Å²) in [6, 6.07) is 16.7. The summed E-state index contributed by atoms with van der Waals surface area (Å²) in [5.41, 5.74) is 1.42. The topological polar surface area (TPSA) is 110 Å². The molecule has 3 aromatic rings. The maximum absolute atomic E-state index is 12.6. The fraction of sp³-hybridized carbons (Fsp3) is 0.115. The Bertz CT molecular complexity index is 1390. The number of hydrogen-bond donors (Lipinski definition) is 2. The molecule has 0 aliphatic heterocycles. The summed E-state index contributed by atoms with van der Waals surface area (Å²) in [5, 5.41) is 15.6. The van der Waals surface area contributed by atoms with Gasteiger partial charge >= 0.3 is 0 Å². The summed E-state index contributed by atoms with van der Waals surface area (Å²) in [6.45, 7) is -0.296. The van der Waals surface area contributed by atoms with Crippen LogP contribution in [0, 0.1) is 14.9 Å². The molecule has 37 heavy (non-hydrogen) atoms. The number of methoxy groups -OCH3 is 2. The molecule has 0 radical (unpaired) electrons. The third-order valence-electron chi connectivity index (χ3n) is 4.83. The highest BCUT2D eigenvalue weighted by molar-refractivity contribution is 14.1. The van der Waals surface area contributed by atoms with Gasteiger partial charge in [-0.2, -0.15) is 5.26 Å². The molecule has 0 aliphatic carbocycles. The molecule has 8 nitrogen and oxygen atoms in total. The molecular formula is C26H20Cl2IN3O5. The second kappa shape index (κ2) is 13.2. The number of benzene rings is 3. The van der Waals surface area contributed by atoms with E-state index < -0.39 is 11.8 Å². The molecule has 0 spiro atoms. The highest BCUT2D eigenvalue weighted by atomic mass is 127. The van der Waals surface area contributed by atoms with Crippen molar-refractivity contribution in [2.24, 2.45) is 0 Å². The van der Waals surface area contributed by atoms with Gasteiger partial charge < -0.3 is 24.8 Å². The minimum atomic E-state index is -0.569. The van der Waals surface area contributed by atoms with Gasteiger partial charge in [0.15, 0.2) is 18.1 Å². The standard InChI is InChI=1S/C26H20Cl2IN3O5/c1-35-19-6-3-17(4-7-19)32-26(34)16(13-30)9-15-10-22(29)25(23(11-15)36-2)37-14-24(33)31-18-5-8-20(27)21(28)12-18/h3-12H,14H2,1-2H3,(H,31,33)(H,32,34)/b16-9-. The Balaban J connectivity index is 1.72. The van der Waals surface area contributed by atoms with Crippen LogP contribution in [0.15, 0.2) is 60.2 Å². The number of anilines is 2. The first-order valence-electron chi connectivity index (χ1n) is 10.6. The molecule has 0 aromatic heterocycles. The van der Waals surface area contributed by atoms with Crippen LogP contribution in [0.1, 0.15) is 5.56 Å². The van der Waals surface area contributed by atoms with Gasteiger partial charge in [0, 0.05) is 11.4 Å². The van der Waals surface area contributed by atoms with E-state index >= 15 is 0 Å². The zero-order valence-corrected chi connectivity index (χ0v) is 23.3. The summed E-state index contributed by atoms with van der Waals surface area (Å²) >= 11 is 13.9. The molecule has 0 aliphatic rings. The van der Waals surface area contributed by atoms with E-state index in [0.29, 0.717) is 47.8 Å². The van der Waals surface area contributed by atoms with Gasteiger partial charge in [-0.3, -0.25) is 9.59 Å². The van der Waals surface area contributed by atoms with Crippen molar-refractivity contribution in [3.05, 3.63) is 79.3 Å². The summed E-state index contributed by atoms with van der Waals surface area (Å²) in [5.74, 6) is 0.326. The number of ether oxygens (including phenoxy) is 3. The molecule has 0 fully saturated rings. The fourth-order valence-corrected chi connectivity index (χ4v) is 4.14. The predicted octanol–water partition coefficient (Wildman–Crippen LogP) is 6.18. The Labute approximate surface area is 237 Å². The third kappa shape index (κ3) is 7.76. The van der Waals surface area contributed by atoms with Crippen LogP contribution in [0.25, 0.3) is 6.08 Å². The van der Waals surface area contributed by atoms with Crippen molar-refractivity contribution in [3.8, 4) is 23.3 Å².